The topological polar surface area (TPSA) is 130 Å². The SMILES string of the molecule is C1=Cc2cc3ccc(cc4nc(cc5ccc(cc1n2)[nH]5)C=C4)[nH]3.CCC(Br)(CC)C(=O)NC(N)=O.[Zn]. The van der Waals surface area contributed by atoms with Crippen LogP contribution in [0.5, 0.6) is 0 Å². The van der Waals surface area contributed by atoms with E-state index in [2.05, 4.69) is 60.1 Å². The molecule has 0 fully saturated rings. The van der Waals surface area contributed by atoms with Crippen LogP contribution in [-0.2, 0) is 24.3 Å². The van der Waals surface area contributed by atoms with Crippen LogP contribution in [0.15, 0.2) is 48.5 Å². The number of aromatic nitrogens is 4. The van der Waals surface area contributed by atoms with Crippen LogP contribution in [0.25, 0.3) is 46.4 Å². The summed E-state index contributed by atoms with van der Waals surface area (Å²) in [6.45, 7) is 3.72. The summed E-state index contributed by atoms with van der Waals surface area (Å²) < 4.78 is -0.665. The number of halogens is 1. The van der Waals surface area contributed by atoms with E-state index in [1.165, 1.54) is 0 Å². The minimum absolute atomic E-state index is 0. The maximum Gasteiger partial charge on any atom is 0.318 e. The summed E-state index contributed by atoms with van der Waals surface area (Å²) in [4.78, 5) is 37.7. The van der Waals surface area contributed by atoms with Crippen LogP contribution in [0, 0.1) is 0 Å². The Hall–Kier alpha value is -3.36. The summed E-state index contributed by atoms with van der Waals surface area (Å²) in [5.41, 5.74) is 12.7. The second-order valence-corrected chi connectivity index (χ2v) is 9.91. The molecule has 37 heavy (non-hydrogen) atoms. The maximum absolute atomic E-state index is 11.3. The predicted molar refractivity (Wildman–Crippen MR) is 149 cm³/mol. The minimum Gasteiger partial charge on any atom is -0.355 e. The molecule has 3 aromatic rings. The molecule has 0 atom stereocenters. The Kier molecular flexibility index (Phi) is 9.35. The molecule has 0 saturated carbocycles. The molecule has 8 nitrogen and oxygen atoms in total. The Balaban J connectivity index is 0.000000253. The Morgan fingerprint density at radius 3 is 1.38 bits per heavy atom. The summed E-state index contributed by atoms with van der Waals surface area (Å²) >= 11 is 3.26. The molecule has 8 bridgehead atoms. The van der Waals surface area contributed by atoms with Gasteiger partial charge < -0.3 is 15.7 Å². The first-order chi connectivity index (χ1) is 17.3. The molecule has 186 valence electrons. The van der Waals surface area contributed by atoms with Crippen molar-refractivity contribution in [2.24, 2.45) is 5.73 Å². The summed E-state index contributed by atoms with van der Waals surface area (Å²) in [6.07, 6.45) is 9.32. The number of rotatable bonds is 3. The van der Waals surface area contributed by atoms with Crippen molar-refractivity contribution in [1.29, 1.82) is 0 Å². The van der Waals surface area contributed by atoms with Crippen molar-refractivity contribution in [3.8, 4) is 0 Å². The van der Waals surface area contributed by atoms with E-state index in [9.17, 15) is 9.59 Å². The average Bonchev–Trinajstić information content (AvgIpc) is 3.64. The number of hydrogen-bond donors (Lipinski definition) is 4. The van der Waals surface area contributed by atoms with Gasteiger partial charge in [0.25, 0.3) is 0 Å². The number of imide groups is 1. The van der Waals surface area contributed by atoms with Crippen molar-refractivity contribution in [3.05, 3.63) is 71.3 Å². The van der Waals surface area contributed by atoms with Gasteiger partial charge in [-0.05, 0) is 85.7 Å². The summed E-state index contributed by atoms with van der Waals surface area (Å²) in [7, 11) is 0. The third-order valence-corrected chi connectivity index (χ3v) is 7.29. The molecule has 5 rings (SSSR count). The molecule has 0 radical (unpaired) electrons. The fourth-order valence-electron chi connectivity index (χ4n) is 3.74. The molecule has 3 amide bonds. The quantitative estimate of drug-likeness (QED) is 0.152. The number of H-pyrrole nitrogens is 2. The second-order valence-electron chi connectivity index (χ2n) is 8.40. The molecule has 3 aromatic heterocycles. The van der Waals surface area contributed by atoms with Gasteiger partial charge in [0.2, 0.25) is 5.91 Å². The number of primary amides is 1. The van der Waals surface area contributed by atoms with Crippen LogP contribution in [0.2, 0.25) is 0 Å². The Morgan fingerprint density at radius 2 is 1.11 bits per heavy atom. The first-order valence-corrected chi connectivity index (χ1v) is 12.4. The number of carbonyl (C=O) groups is 2. The fraction of sp³-hybridized carbons (Fsp3) is 0.185. The first-order valence-electron chi connectivity index (χ1n) is 11.6. The van der Waals surface area contributed by atoms with Gasteiger partial charge in [0.1, 0.15) is 4.32 Å². The molecule has 0 unspecified atom stereocenters. The molecule has 10 heteroatoms. The van der Waals surface area contributed by atoms with Crippen molar-refractivity contribution in [3.63, 3.8) is 0 Å². The number of carbonyl (C=O) groups excluding carboxylic acids is 2. The number of alkyl halides is 1. The number of fused-ring (bicyclic) bond motifs is 8. The van der Waals surface area contributed by atoms with Gasteiger partial charge in [-0.25, -0.2) is 14.8 Å². The van der Waals surface area contributed by atoms with E-state index in [1.807, 2.05) is 67.7 Å². The number of aromatic amines is 2. The molecule has 0 saturated heterocycles. The standard InChI is InChI=1S/C20H14N4.C7H13BrN2O2.Zn/c1-2-14-10-16-5-6-18(23-16)12-20-8-7-19(24-20)11-17-4-3-15(22-17)9-13(1)21-14;1-3-7(8,4-2)5(11)10-6(9)12;/h1-12,21,24H;3-4H2,1-2H3,(H3,9,10,11,12);. The number of nitrogens with two attached hydrogens (primary N) is 1. The van der Waals surface area contributed by atoms with Gasteiger partial charge in [-0.3, -0.25) is 10.1 Å². The average molecular weight is 613 g/mol. The molecule has 0 aliphatic carbocycles. The van der Waals surface area contributed by atoms with E-state index in [4.69, 9.17) is 5.73 Å². The maximum atomic E-state index is 11.3. The van der Waals surface area contributed by atoms with Crippen LogP contribution >= 0.6 is 15.9 Å². The van der Waals surface area contributed by atoms with Gasteiger partial charge in [0, 0.05) is 41.5 Å². The van der Waals surface area contributed by atoms with Crippen molar-refractivity contribution >= 4 is 74.2 Å². The fourth-order valence-corrected chi connectivity index (χ4v) is 3.84. The van der Waals surface area contributed by atoms with Crippen molar-refractivity contribution in [2.45, 2.75) is 31.0 Å². The van der Waals surface area contributed by atoms with Crippen molar-refractivity contribution in [2.75, 3.05) is 0 Å². The molecular weight excluding hydrogens is 586 g/mol. The number of hydrogen-bond acceptors (Lipinski definition) is 4. The second kappa shape index (κ2) is 12.3. The summed E-state index contributed by atoms with van der Waals surface area (Å²) in [5, 5.41) is 2.04. The third-order valence-electron chi connectivity index (χ3n) is 5.81. The zero-order valence-electron chi connectivity index (χ0n) is 20.7. The van der Waals surface area contributed by atoms with Crippen LogP contribution in [0.4, 0.5) is 4.79 Å². The van der Waals surface area contributed by atoms with Gasteiger partial charge in [-0.15, -0.1) is 0 Å². The van der Waals surface area contributed by atoms with Crippen molar-refractivity contribution in [1.82, 2.24) is 25.3 Å². The molecule has 2 aliphatic rings. The molecule has 2 aliphatic heterocycles. The van der Waals surface area contributed by atoms with E-state index >= 15 is 0 Å². The van der Waals surface area contributed by atoms with E-state index in [-0.39, 0.29) is 25.4 Å². The van der Waals surface area contributed by atoms with Gasteiger partial charge >= 0.3 is 6.03 Å². The van der Waals surface area contributed by atoms with Crippen LogP contribution in [0.1, 0.15) is 49.5 Å². The van der Waals surface area contributed by atoms with Crippen LogP contribution in [0.3, 0.4) is 0 Å². The normalized spacial score (nSPS) is 11.8. The Labute approximate surface area is 235 Å². The van der Waals surface area contributed by atoms with E-state index < -0.39 is 10.4 Å². The number of urea groups is 1. The minimum atomic E-state index is -0.814. The van der Waals surface area contributed by atoms with E-state index in [0.29, 0.717) is 12.8 Å². The van der Waals surface area contributed by atoms with Gasteiger partial charge in [0.05, 0.1) is 22.8 Å². The number of nitrogens with one attached hydrogen (secondary N) is 3. The molecule has 0 spiro atoms. The van der Waals surface area contributed by atoms with Gasteiger partial charge in [-0.1, -0.05) is 29.8 Å². The van der Waals surface area contributed by atoms with Gasteiger partial charge in [-0.2, -0.15) is 0 Å². The zero-order valence-corrected chi connectivity index (χ0v) is 25.3. The third kappa shape index (κ3) is 7.34. The zero-order chi connectivity index (χ0) is 25.7. The molecule has 0 aromatic carbocycles. The van der Waals surface area contributed by atoms with Crippen molar-refractivity contribution < 1.29 is 29.1 Å². The predicted octanol–water partition coefficient (Wildman–Crippen LogP) is 5.79. The largest absolute Gasteiger partial charge is 0.355 e. The Morgan fingerprint density at radius 1 is 0.784 bits per heavy atom. The Bertz CT molecular complexity index is 1340. The first kappa shape index (κ1) is 28.2. The van der Waals surface area contributed by atoms with E-state index in [1.54, 1.807) is 0 Å². The summed E-state index contributed by atoms with van der Waals surface area (Å²) in [6, 6.07) is 15.5. The smallest absolute Gasteiger partial charge is 0.318 e. The molecule has 5 N–H and O–H groups in total. The number of nitrogens with zero attached hydrogens (tertiary/aromatic N) is 2. The van der Waals surface area contributed by atoms with Gasteiger partial charge in [0.15, 0.2) is 0 Å². The van der Waals surface area contributed by atoms with E-state index in [0.717, 1.165) is 44.8 Å². The summed E-state index contributed by atoms with van der Waals surface area (Å²) in [5.74, 6) is -0.375. The number of amides is 3. The molecule has 5 heterocycles. The van der Waals surface area contributed by atoms with Crippen LogP contribution in [-0.4, -0.2) is 36.2 Å². The van der Waals surface area contributed by atoms with Crippen LogP contribution < -0.4 is 11.1 Å². The monoisotopic (exact) mass is 610 g/mol. The molecular formula is C27H27BrN6O2Zn.